The van der Waals surface area contributed by atoms with Crippen LogP contribution in [0.3, 0.4) is 0 Å². The molecule has 0 radical (unpaired) electrons. The van der Waals surface area contributed by atoms with Crippen LogP contribution in [0.4, 0.5) is 5.69 Å². The van der Waals surface area contributed by atoms with Crippen LogP contribution in [0.1, 0.15) is 21.5 Å². The molecule has 3 aromatic rings. The van der Waals surface area contributed by atoms with E-state index < -0.39 is 5.97 Å². The lowest BCUT2D eigenvalue weighted by atomic mass is 10.2. The van der Waals surface area contributed by atoms with Gasteiger partial charge in [-0.3, -0.25) is 5.43 Å². The van der Waals surface area contributed by atoms with Gasteiger partial charge < -0.3 is 14.6 Å². The summed E-state index contributed by atoms with van der Waals surface area (Å²) in [4.78, 5) is 10.9. The first-order valence-electron chi connectivity index (χ1n) is 8.73. The van der Waals surface area contributed by atoms with Crippen molar-refractivity contribution in [3.8, 4) is 11.5 Å². The summed E-state index contributed by atoms with van der Waals surface area (Å²) in [6, 6.07) is 19.2. The van der Waals surface area contributed by atoms with Crippen LogP contribution in [0.5, 0.6) is 11.5 Å². The second-order valence-corrected chi connectivity index (χ2v) is 6.51. The number of hydrogen-bond donors (Lipinski definition) is 2. The highest BCUT2D eigenvalue weighted by molar-refractivity contribution is 6.30. The molecule has 6 nitrogen and oxygen atoms in total. The fourth-order valence-electron chi connectivity index (χ4n) is 2.50. The highest BCUT2D eigenvalue weighted by Crippen LogP contribution is 2.28. The van der Waals surface area contributed by atoms with Gasteiger partial charge in [-0.25, -0.2) is 4.79 Å². The SMILES string of the molecule is COc1ccc(/C=N/Nc2ccc(C(=O)O)cc2)cc1OCc1ccc(Cl)cc1. The standard InChI is InChI=1S/C22H19ClN2O4/c1-28-20-11-4-16(12-21(20)29-14-15-2-7-18(23)8-3-15)13-24-25-19-9-5-17(6-10-19)22(26)27/h2-13,25H,14H2,1H3,(H,26,27)/b24-13+. The van der Waals surface area contributed by atoms with E-state index in [0.29, 0.717) is 28.8 Å². The molecule has 0 fully saturated rings. The van der Waals surface area contributed by atoms with Crippen molar-refractivity contribution in [1.82, 2.24) is 0 Å². The lowest BCUT2D eigenvalue weighted by Crippen LogP contribution is -1.99. The summed E-state index contributed by atoms with van der Waals surface area (Å²) < 4.78 is 11.2. The molecule has 3 aromatic carbocycles. The van der Waals surface area contributed by atoms with Crippen LogP contribution >= 0.6 is 11.6 Å². The van der Waals surface area contributed by atoms with Crippen LogP contribution in [0.15, 0.2) is 71.8 Å². The highest BCUT2D eigenvalue weighted by Gasteiger charge is 2.06. The number of aromatic carboxylic acids is 1. The van der Waals surface area contributed by atoms with Gasteiger partial charge in [0.15, 0.2) is 11.5 Å². The van der Waals surface area contributed by atoms with Crippen molar-refractivity contribution in [1.29, 1.82) is 0 Å². The minimum absolute atomic E-state index is 0.220. The van der Waals surface area contributed by atoms with Crippen molar-refractivity contribution in [3.63, 3.8) is 0 Å². The maximum atomic E-state index is 10.9. The predicted molar refractivity (Wildman–Crippen MR) is 113 cm³/mol. The first-order valence-corrected chi connectivity index (χ1v) is 9.10. The molecule has 0 heterocycles. The van der Waals surface area contributed by atoms with Crippen molar-refractivity contribution >= 4 is 29.5 Å². The zero-order chi connectivity index (χ0) is 20.6. The Morgan fingerprint density at radius 3 is 2.45 bits per heavy atom. The van der Waals surface area contributed by atoms with Gasteiger partial charge in [0.1, 0.15) is 6.61 Å². The number of carbonyl (C=O) groups is 1. The topological polar surface area (TPSA) is 80.2 Å². The van der Waals surface area contributed by atoms with Crippen LogP contribution in [-0.2, 0) is 6.61 Å². The van der Waals surface area contributed by atoms with Crippen molar-refractivity contribution in [3.05, 3.63) is 88.4 Å². The van der Waals surface area contributed by atoms with Crippen LogP contribution in [0, 0.1) is 0 Å². The zero-order valence-corrected chi connectivity index (χ0v) is 16.4. The second-order valence-electron chi connectivity index (χ2n) is 6.08. The number of carboxylic acid groups (broad SMARTS) is 1. The van der Waals surface area contributed by atoms with Gasteiger partial charge in [0.25, 0.3) is 0 Å². The summed E-state index contributed by atoms with van der Waals surface area (Å²) in [5.41, 5.74) is 5.56. The summed E-state index contributed by atoms with van der Waals surface area (Å²) in [5.74, 6) is 0.245. The fourth-order valence-corrected chi connectivity index (χ4v) is 2.62. The quantitative estimate of drug-likeness (QED) is 0.400. The molecule has 3 rings (SSSR count). The minimum atomic E-state index is -0.968. The first kappa shape index (κ1) is 20.2. The summed E-state index contributed by atoms with van der Waals surface area (Å²) in [6.45, 7) is 0.377. The molecule has 0 unspecified atom stereocenters. The number of benzene rings is 3. The Morgan fingerprint density at radius 1 is 1.07 bits per heavy atom. The molecule has 148 valence electrons. The van der Waals surface area contributed by atoms with E-state index in [-0.39, 0.29) is 5.56 Å². The average molecular weight is 411 g/mol. The van der Waals surface area contributed by atoms with E-state index in [1.165, 1.54) is 12.1 Å². The van der Waals surface area contributed by atoms with E-state index in [1.54, 1.807) is 31.5 Å². The predicted octanol–water partition coefficient (Wildman–Crippen LogP) is 5.07. The number of ether oxygens (including phenoxy) is 2. The molecule has 0 aliphatic rings. The van der Waals surface area contributed by atoms with Gasteiger partial charge in [-0.2, -0.15) is 5.10 Å². The van der Waals surface area contributed by atoms with Gasteiger partial charge in [-0.15, -0.1) is 0 Å². The molecule has 0 aliphatic carbocycles. The normalized spacial score (nSPS) is 10.7. The van der Waals surface area contributed by atoms with E-state index in [9.17, 15) is 4.79 Å². The fraction of sp³-hybridized carbons (Fsp3) is 0.0909. The lowest BCUT2D eigenvalue weighted by Gasteiger charge is -2.11. The monoisotopic (exact) mass is 410 g/mol. The number of nitrogens with zero attached hydrogens (tertiary/aromatic N) is 1. The van der Waals surface area contributed by atoms with E-state index >= 15 is 0 Å². The van der Waals surface area contributed by atoms with Gasteiger partial charge >= 0.3 is 5.97 Å². The number of carboxylic acids is 1. The third-order valence-corrected chi connectivity index (χ3v) is 4.29. The van der Waals surface area contributed by atoms with Crippen LogP contribution < -0.4 is 14.9 Å². The molecular formula is C22H19ClN2O4. The van der Waals surface area contributed by atoms with E-state index in [0.717, 1.165) is 11.1 Å². The molecule has 7 heteroatoms. The Kier molecular flexibility index (Phi) is 6.71. The maximum Gasteiger partial charge on any atom is 0.335 e. The molecule has 0 saturated carbocycles. The van der Waals surface area contributed by atoms with Gasteiger partial charge in [0.05, 0.1) is 24.6 Å². The Balaban J connectivity index is 1.66. The van der Waals surface area contributed by atoms with E-state index in [4.69, 9.17) is 26.2 Å². The lowest BCUT2D eigenvalue weighted by molar-refractivity contribution is 0.0697. The number of methoxy groups -OCH3 is 1. The Bertz CT molecular complexity index is 1000. The number of nitrogens with one attached hydrogen (secondary N) is 1. The molecule has 29 heavy (non-hydrogen) atoms. The van der Waals surface area contributed by atoms with Gasteiger partial charge in [-0.05, 0) is 65.7 Å². The Labute approximate surface area is 173 Å². The maximum absolute atomic E-state index is 10.9. The third kappa shape index (κ3) is 5.73. The average Bonchev–Trinajstić information content (AvgIpc) is 2.74. The molecule has 0 aliphatic heterocycles. The van der Waals surface area contributed by atoms with Gasteiger partial charge in [-0.1, -0.05) is 23.7 Å². The van der Waals surface area contributed by atoms with Crippen LogP contribution in [-0.4, -0.2) is 24.4 Å². The third-order valence-electron chi connectivity index (χ3n) is 4.03. The molecule has 0 aromatic heterocycles. The van der Waals surface area contributed by atoms with Crippen LogP contribution in [0.25, 0.3) is 0 Å². The minimum Gasteiger partial charge on any atom is -0.493 e. The molecule has 0 amide bonds. The summed E-state index contributed by atoms with van der Waals surface area (Å²) in [6.07, 6.45) is 1.64. The second kappa shape index (κ2) is 9.61. The van der Waals surface area contributed by atoms with E-state index in [1.807, 2.05) is 36.4 Å². The molecule has 0 spiro atoms. The number of anilines is 1. The number of hydrogen-bond acceptors (Lipinski definition) is 5. The molecule has 0 bridgehead atoms. The van der Waals surface area contributed by atoms with Crippen molar-refractivity contribution in [2.75, 3.05) is 12.5 Å². The summed E-state index contributed by atoms with van der Waals surface area (Å²) in [5, 5.41) is 13.8. The Morgan fingerprint density at radius 2 is 1.79 bits per heavy atom. The largest absolute Gasteiger partial charge is 0.493 e. The number of hydrazone groups is 1. The first-order chi connectivity index (χ1) is 14.0. The smallest absolute Gasteiger partial charge is 0.335 e. The number of rotatable bonds is 8. The Hall–Kier alpha value is -3.51. The summed E-state index contributed by atoms with van der Waals surface area (Å²) >= 11 is 5.90. The van der Waals surface area contributed by atoms with Crippen molar-refractivity contribution < 1.29 is 19.4 Å². The van der Waals surface area contributed by atoms with Crippen molar-refractivity contribution in [2.24, 2.45) is 5.10 Å². The number of halogens is 1. The van der Waals surface area contributed by atoms with Gasteiger partial charge in [0.2, 0.25) is 0 Å². The highest BCUT2D eigenvalue weighted by atomic mass is 35.5. The summed E-state index contributed by atoms with van der Waals surface area (Å²) in [7, 11) is 1.58. The molecule has 0 atom stereocenters. The zero-order valence-electron chi connectivity index (χ0n) is 15.6. The molecule has 0 saturated heterocycles. The van der Waals surface area contributed by atoms with Crippen molar-refractivity contribution in [2.45, 2.75) is 6.61 Å². The van der Waals surface area contributed by atoms with Crippen LogP contribution in [0.2, 0.25) is 5.02 Å². The van der Waals surface area contributed by atoms with Gasteiger partial charge in [0, 0.05) is 5.02 Å². The molecule has 2 N–H and O–H groups in total. The van der Waals surface area contributed by atoms with E-state index in [2.05, 4.69) is 10.5 Å². The molecular weight excluding hydrogens is 392 g/mol.